The normalized spacial score (nSPS) is 14.2. The topological polar surface area (TPSA) is 250 Å². The van der Waals surface area contributed by atoms with Crippen LogP contribution in [0, 0.1) is 6.92 Å². The maximum Gasteiger partial charge on any atom is 1.00 e. The molecule has 17 heteroatoms. The van der Waals surface area contributed by atoms with Gasteiger partial charge in [0.15, 0.2) is 5.78 Å². The van der Waals surface area contributed by atoms with Crippen LogP contribution in [-0.4, -0.2) is 106 Å². The van der Waals surface area contributed by atoms with Crippen LogP contribution in [0.2, 0.25) is 0 Å². The van der Waals surface area contributed by atoms with E-state index in [1.54, 1.807) is 0 Å². The van der Waals surface area contributed by atoms with Crippen molar-refractivity contribution in [1.29, 1.82) is 0 Å². The first-order valence-corrected chi connectivity index (χ1v) is 15.2. The minimum Gasteiger partial charge on any atom is -0.549 e. The zero-order valence-electron chi connectivity index (χ0n) is 26.2. The first-order valence-electron chi connectivity index (χ1n) is 13.7. The van der Waals surface area contributed by atoms with Gasteiger partial charge in [-0.2, -0.15) is 8.42 Å². The Bertz CT molecular complexity index is 1820. The third-order valence-electron chi connectivity index (χ3n) is 6.96. The van der Waals surface area contributed by atoms with E-state index in [1.165, 1.54) is 56.3 Å². The van der Waals surface area contributed by atoms with E-state index in [0.29, 0.717) is 0 Å². The first-order chi connectivity index (χ1) is 21.9. The molecule has 3 rings (SSSR count). The molecule has 0 aromatic heterocycles. The standard InChI is InChI=1S/C31H32N2O13S.Na/c1-17-7-19(9-21(30(17)42)11-32(13-25(34)35)14-26(36)37)29(23-5-3-4-6-24(23)47(44,45)46)20-8-18(2)31(43)22(10-20)12-33(15-27(38)39)16-28(40)41;/h3-10,42H,11-16H2,1-2H3,(H,34,35)(H,36,37)(H,38,39)(H,40,41)(H,44,45,46);/q;+1/p-1/b29-20+;. The summed E-state index contributed by atoms with van der Waals surface area (Å²) in [7, 11) is -4.86. The van der Waals surface area contributed by atoms with Gasteiger partial charge >= 0.3 is 47.5 Å². The van der Waals surface area contributed by atoms with Gasteiger partial charge in [0.25, 0.3) is 10.1 Å². The zero-order valence-corrected chi connectivity index (χ0v) is 29.0. The summed E-state index contributed by atoms with van der Waals surface area (Å²) in [5.41, 5.74) is 0.799. The molecule has 0 bridgehead atoms. The third kappa shape index (κ3) is 10.7. The average molecular weight is 695 g/mol. The number of carbonyl (C=O) groups excluding carboxylic acids is 2. The predicted octanol–water partition coefficient (Wildman–Crippen LogP) is -2.68. The SMILES string of the molecule is CC1=C/C(=C(/c2cc(C)c(O)c(CN(CC(=O)[O-])CC(=O)O)c2)c2ccccc2S(=O)(=O)O)C=C(CN(CC(=O)O)CC(=O)O)C1=O.[Na+]. The van der Waals surface area contributed by atoms with Crippen LogP contribution in [0.15, 0.2) is 70.2 Å². The molecule has 0 saturated heterocycles. The second-order valence-corrected chi connectivity index (χ2v) is 12.2. The summed E-state index contributed by atoms with van der Waals surface area (Å²) < 4.78 is 35.1. The van der Waals surface area contributed by atoms with Crippen molar-refractivity contribution in [2.45, 2.75) is 25.3 Å². The Morgan fingerprint density at radius 2 is 1.38 bits per heavy atom. The van der Waals surface area contributed by atoms with E-state index in [4.69, 9.17) is 0 Å². The van der Waals surface area contributed by atoms with Crippen molar-refractivity contribution in [3.63, 3.8) is 0 Å². The molecule has 0 radical (unpaired) electrons. The molecular formula is C31H31N2NaO13S. The Labute approximate surface area is 297 Å². The quantitative estimate of drug-likeness (QED) is 0.0941. The van der Waals surface area contributed by atoms with Crippen molar-refractivity contribution in [2.24, 2.45) is 0 Å². The second kappa shape index (κ2) is 16.8. The molecule has 15 nitrogen and oxygen atoms in total. The number of benzene rings is 2. The number of phenolic OH excluding ortho intramolecular Hbond substituents is 1. The predicted molar refractivity (Wildman–Crippen MR) is 162 cm³/mol. The van der Waals surface area contributed by atoms with E-state index >= 15 is 0 Å². The molecule has 2 aromatic carbocycles. The Kier molecular flexibility index (Phi) is 14.0. The van der Waals surface area contributed by atoms with Gasteiger partial charge in [0.05, 0.1) is 25.6 Å². The van der Waals surface area contributed by atoms with Gasteiger partial charge < -0.3 is 30.3 Å². The summed E-state index contributed by atoms with van der Waals surface area (Å²) in [6.45, 7) is -0.820. The van der Waals surface area contributed by atoms with Crippen LogP contribution in [0.25, 0.3) is 5.57 Å². The van der Waals surface area contributed by atoms with Gasteiger partial charge in [0.2, 0.25) is 0 Å². The van der Waals surface area contributed by atoms with Crippen LogP contribution < -0.4 is 34.7 Å². The number of aryl methyl sites for hydroxylation is 1. The van der Waals surface area contributed by atoms with Gasteiger partial charge in [0, 0.05) is 36.3 Å². The van der Waals surface area contributed by atoms with Crippen LogP contribution in [0.5, 0.6) is 5.75 Å². The maximum atomic E-state index is 13.2. The van der Waals surface area contributed by atoms with Gasteiger partial charge in [-0.25, -0.2) is 0 Å². The zero-order chi connectivity index (χ0) is 35.2. The summed E-state index contributed by atoms with van der Waals surface area (Å²) in [5.74, 6) is -6.46. The van der Waals surface area contributed by atoms with Gasteiger partial charge in [-0.05, 0) is 72.0 Å². The number of nitrogens with zero attached hydrogens (tertiary/aromatic N) is 2. The minimum absolute atomic E-state index is 0. The van der Waals surface area contributed by atoms with Gasteiger partial charge in [-0.3, -0.25) is 33.5 Å². The number of carbonyl (C=O) groups is 5. The smallest absolute Gasteiger partial charge is 0.549 e. The monoisotopic (exact) mass is 694 g/mol. The molecule has 250 valence electrons. The number of ketones is 1. The largest absolute Gasteiger partial charge is 1.00 e. The first kappa shape index (κ1) is 40.0. The molecule has 1 aliphatic rings. The van der Waals surface area contributed by atoms with Gasteiger partial charge in [-0.15, -0.1) is 0 Å². The molecule has 5 N–H and O–H groups in total. The molecule has 48 heavy (non-hydrogen) atoms. The fourth-order valence-corrected chi connectivity index (χ4v) is 5.87. The summed E-state index contributed by atoms with van der Waals surface area (Å²) in [6.07, 6.45) is 2.74. The van der Waals surface area contributed by atoms with E-state index in [9.17, 15) is 62.5 Å². The number of aromatic hydroxyl groups is 1. The molecule has 0 spiro atoms. The number of hydrogen-bond acceptors (Lipinski definition) is 11. The van der Waals surface area contributed by atoms with E-state index in [0.717, 1.165) is 15.9 Å². The fourth-order valence-electron chi connectivity index (χ4n) is 5.18. The van der Waals surface area contributed by atoms with Crippen LogP contribution in [0.1, 0.15) is 29.2 Å². The summed E-state index contributed by atoms with van der Waals surface area (Å²) in [6, 6.07) is 8.15. The van der Waals surface area contributed by atoms with Crippen molar-refractivity contribution >= 4 is 45.4 Å². The molecule has 0 amide bonds. The minimum atomic E-state index is -4.86. The number of hydrogen-bond donors (Lipinski definition) is 5. The third-order valence-corrected chi connectivity index (χ3v) is 7.87. The van der Waals surface area contributed by atoms with Crippen molar-refractivity contribution in [1.82, 2.24) is 9.80 Å². The molecule has 0 unspecified atom stereocenters. The van der Waals surface area contributed by atoms with Crippen LogP contribution >= 0.6 is 0 Å². The summed E-state index contributed by atoms with van der Waals surface area (Å²) in [5, 5.41) is 50.1. The Balaban J connectivity index is 0.00000800. The average Bonchev–Trinajstić information content (AvgIpc) is 2.92. The van der Waals surface area contributed by atoms with Crippen molar-refractivity contribution in [3.05, 3.63) is 87.5 Å². The second-order valence-electron chi connectivity index (χ2n) is 10.8. The summed E-state index contributed by atoms with van der Waals surface area (Å²) >= 11 is 0. The fraction of sp³-hybridized carbons (Fsp3) is 0.258. The van der Waals surface area contributed by atoms with E-state index in [1.807, 2.05) is 0 Å². The van der Waals surface area contributed by atoms with Crippen molar-refractivity contribution in [2.75, 3.05) is 32.7 Å². The number of rotatable bonds is 15. The molecule has 0 saturated carbocycles. The van der Waals surface area contributed by atoms with Gasteiger partial charge in [-0.1, -0.05) is 18.2 Å². The van der Waals surface area contributed by atoms with Crippen LogP contribution in [0.4, 0.5) is 0 Å². The number of carboxylic acids is 4. The van der Waals surface area contributed by atoms with E-state index in [-0.39, 0.29) is 79.9 Å². The molecule has 2 aromatic rings. The molecule has 0 atom stereocenters. The number of phenols is 1. The molecule has 0 aliphatic heterocycles. The Morgan fingerprint density at radius 1 is 0.833 bits per heavy atom. The van der Waals surface area contributed by atoms with Gasteiger partial charge in [0.1, 0.15) is 10.6 Å². The number of aliphatic carboxylic acids is 4. The molecule has 0 fully saturated rings. The van der Waals surface area contributed by atoms with E-state index < -0.39 is 83.9 Å². The number of allylic oxidation sites excluding steroid dienone is 4. The molecule has 1 aliphatic carbocycles. The van der Waals surface area contributed by atoms with Crippen LogP contribution in [0.3, 0.4) is 0 Å². The van der Waals surface area contributed by atoms with Crippen molar-refractivity contribution in [3.8, 4) is 5.75 Å². The Morgan fingerprint density at radius 3 is 1.90 bits per heavy atom. The molecule has 0 heterocycles. The maximum absolute atomic E-state index is 13.2. The van der Waals surface area contributed by atoms with Crippen molar-refractivity contribution < 1.29 is 92.0 Å². The number of carboxylic acid groups (broad SMARTS) is 4. The van der Waals surface area contributed by atoms with E-state index in [2.05, 4.69) is 0 Å². The number of Topliss-reactive ketones (excluding diaryl/α,β-unsaturated/α-hetero) is 1. The molecular weight excluding hydrogens is 663 g/mol. The van der Waals surface area contributed by atoms with Crippen LogP contribution in [-0.2, 0) is 40.6 Å². The Hall–Kier alpha value is -4.16. The summed E-state index contributed by atoms with van der Waals surface area (Å²) in [4.78, 5) is 60.2.